The third-order valence-electron chi connectivity index (χ3n) is 5.71. The molecule has 1 aliphatic heterocycles. The Kier molecular flexibility index (Phi) is 1.64. The van der Waals surface area contributed by atoms with Crippen LogP contribution in [-0.2, 0) is 4.74 Å². The van der Waals surface area contributed by atoms with Gasteiger partial charge in [0.25, 0.3) is 0 Å². The van der Waals surface area contributed by atoms with Crippen molar-refractivity contribution in [3.63, 3.8) is 0 Å². The summed E-state index contributed by atoms with van der Waals surface area (Å²) in [6.45, 7) is 8.69. The van der Waals surface area contributed by atoms with Gasteiger partial charge in [-0.15, -0.1) is 0 Å². The van der Waals surface area contributed by atoms with Crippen molar-refractivity contribution in [2.24, 2.45) is 23.2 Å². The van der Waals surface area contributed by atoms with Crippen LogP contribution in [-0.4, -0.2) is 16.5 Å². The molecular weight excluding hydrogens is 188 g/mol. The molecule has 0 unspecified atom stereocenters. The largest absolute Gasteiger partial charge is 0.365 e. The topological polar surface area (TPSA) is 29.5 Å². The molecule has 0 radical (unpaired) electrons. The quantitative estimate of drug-likeness (QED) is 0.666. The summed E-state index contributed by atoms with van der Waals surface area (Å²) in [6.07, 6.45) is 3.64. The molecule has 1 saturated heterocycles. The smallest absolute Gasteiger partial charge is 0.174 e. The van der Waals surface area contributed by atoms with Crippen LogP contribution in [0.5, 0.6) is 0 Å². The van der Waals surface area contributed by atoms with Gasteiger partial charge in [-0.1, -0.05) is 13.8 Å². The van der Waals surface area contributed by atoms with Gasteiger partial charge in [0.15, 0.2) is 5.79 Å². The second-order valence-electron chi connectivity index (χ2n) is 6.65. The highest BCUT2D eigenvalue weighted by Gasteiger charge is 2.75. The molecule has 2 nitrogen and oxygen atoms in total. The first-order valence-corrected chi connectivity index (χ1v) is 6.25. The molecule has 0 spiro atoms. The van der Waals surface area contributed by atoms with E-state index in [1.165, 1.54) is 12.8 Å². The van der Waals surface area contributed by atoms with Crippen LogP contribution in [0.3, 0.4) is 0 Å². The Morgan fingerprint density at radius 1 is 1.20 bits per heavy atom. The van der Waals surface area contributed by atoms with Crippen molar-refractivity contribution in [2.45, 2.75) is 58.3 Å². The van der Waals surface area contributed by atoms with E-state index < -0.39 is 5.79 Å². The van der Waals surface area contributed by atoms with E-state index in [9.17, 15) is 5.11 Å². The van der Waals surface area contributed by atoms with E-state index in [2.05, 4.69) is 27.7 Å². The molecule has 3 rings (SSSR count). The van der Waals surface area contributed by atoms with Gasteiger partial charge in [0.1, 0.15) is 0 Å². The average molecular weight is 210 g/mol. The zero-order chi connectivity index (χ0) is 11.1. The Morgan fingerprint density at radius 3 is 2.53 bits per heavy atom. The fraction of sp³-hybridized carbons (Fsp3) is 1.00. The van der Waals surface area contributed by atoms with Gasteiger partial charge >= 0.3 is 0 Å². The van der Waals surface area contributed by atoms with Gasteiger partial charge < -0.3 is 9.84 Å². The van der Waals surface area contributed by atoms with Crippen LogP contribution in [0.2, 0.25) is 0 Å². The van der Waals surface area contributed by atoms with Crippen molar-refractivity contribution in [1.82, 2.24) is 0 Å². The molecule has 1 N–H and O–H groups in total. The van der Waals surface area contributed by atoms with E-state index in [1.807, 2.05) is 0 Å². The van der Waals surface area contributed by atoms with Crippen molar-refractivity contribution < 1.29 is 9.84 Å². The second kappa shape index (κ2) is 2.43. The van der Waals surface area contributed by atoms with E-state index in [1.54, 1.807) is 0 Å². The molecule has 5 atom stereocenters. The monoisotopic (exact) mass is 210 g/mol. The molecule has 3 aliphatic rings. The summed E-state index contributed by atoms with van der Waals surface area (Å²) in [6, 6.07) is 0. The molecule has 0 aromatic carbocycles. The fourth-order valence-corrected chi connectivity index (χ4v) is 5.03. The first-order chi connectivity index (χ1) is 6.82. The summed E-state index contributed by atoms with van der Waals surface area (Å²) in [4.78, 5) is 0. The number of aliphatic hydroxyl groups is 1. The molecule has 1 heterocycles. The van der Waals surface area contributed by atoms with E-state index >= 15 is 0 Å². The van der Waals surface area contributed by atoms with Gasteiger partial charge in [-0.05, 0) is 44.9 Å². The second-order valence-corrected chi connectivity index (χ2v) is 6.65. The maximum atomic E-state index is 10.9. The predicted octanol–water partition coefficient (Wildman–Crippen LogP) is 2.56. The van der Waals surface area contributed by atoms with Crippen LogP contribution in [0.4, 0.5) is 0 Å². The van der Waals surface area contributed by atoms with E-state index in [0.717, 1.165) is 6.42 Å². The first-order valence-electron chi connectivity index (χ1n) is 6.25. The summed E-state index contributed by atoms with van der Waals surface area (Å²) in [5.74, 6) is 0.633. The minimum Gasteiger partial charge on any atom is -0.365 e. The normalized spacial score (nSPS) is 61.0. The summed E-state index contributed by atoms with van der Waals surface area (Å²) in [5.41, 5.74) is -0.136. The van der Waals surface area contributed by atoms with Crippen LogP contribution in [0, 0.1) is 23.2 Å². The lowest BCUT2D eigenvalue weighted by Gasteiger charge is -2.36. The highest BCUT2D eigenvalue weighted by atomic mass is 16.7. The minimum atomic E-state index is -0.859. The van der Waals surface area contributed by atoms with Gasteiger partial charge in [-0.2, -0.15) is 0 Å². The zero-order valence-corrected chi connectivity index (χ0v) is 10.2. The zero-order valence-electron chi connectivity index (χ0n) is 10.2. The molecule has 0 bridgehead atoms. The minimum absolute atomic E-state index is 0.00984. The van der Waals surface area contributed by atoms with Crippen LogP contribution in [0.1, 0.15) is 47.0 Å². The average Bonchev–Trinajstić information content (AvgIpc) is 2.57. The van der Waals surface area contributed by atoms with Crippen molar-refractivity contribution in [1.29, 1.82) is 0 Å². The third kappa shape index (κ3) is 0.861. The molecule has 3 fully saturated rings. The Morgan fingerprint density at radius 2 is 1.87 bits per heavy atom. The summed E-state index contributed by atoms with van der Waals surface area (Å²) in [5, 5.41) is 10.9. The number of ether oxygens (including phenoxy) is 1. The molecule has 86 valence electrons. The van der Waals surface area contributed by atoms with Gasteiger partial charge in [0.05, 0.1) is 5.60 Å². The number of hydrogen-bond donors (Lipinski definition) is 1. The molecule has 2 saturated carbocycles. The lowest BCUT2D eigenvalue weighted by Crippen LogP contribution is -2.45. The Hall–Kier alpha value is -0.0800. The number of hydrogen-bond acceptors (Lipinski definition) is 2. The van der Waals surface area contributed by atoms with Crippen LogP contribution in [0.25, 0.3) is 0 Å². The lowest BCUT2D eigenvalue weighted by atomic mass is 9.69. The molecule has 0 amide bonds. The van der Waals surface area contributed by atoms with E-state index in [0.29, 0.717) is 11.8 Å². The molecule has 2 heteroatoms. The Labute approximate surface area is 92.0 Å². The number of rotatable bonds is 0. The molecular formula is C13H22O2. The molecule has 15 heavy (non-hydrogen) atoms. The summed E-state index contributed by atoms with van der Waals surface area (Å²) >= 11 is 0. The molecule has 0 aromatic rings. The highest BCUT2D eigenvalue weighted by Crippen LogP contribution is 2.71. The van der Waals surface area contributed by atoms with Crippen LogP contribution >= 0.6 is 0 Å². The van der Waals surface area contributed by atoms with Crippen LogP contribution in [0.15, 0.2) is 0 Å². The summed E-state index contributed by atoms with van der Waals surface area (Å²) < 4.78 is 6.06. The maximum absolute atomic E-state index is 10.9. The maximum Gasteiger partial charge on any atom is 0.174 e. The SMILES string of the molecule is C[C@H]1C[C@H]2CC[C@H]3C(C)(C)O[C@]1(O)[C@@]23C. The van der Waals surface area contributed by atoms with E-state index in [4.69, 9.17) is 4.74 Å². The Balaban J connectivity index is 2.14. The van der Waals surface area contributed by atoms with Gasteiger partial charge in [0.2, 0.25) is 0 Å². The standard InChI is InChI=1S/C13H22O2/c1-8-7-9-5-6-10-11(2,3)15-13(8,14)12(9,10)4/h8-10,14H,5-7H2,1-4H3/t8-,9+,10-,12-,13-/m0/s1. The van der Waals surface area contributed by atoms with Crippen molar-refractivity contribution >= 4 is 0 Å². The van der Waals surface area contributed by atoms with Gasteiger partial charge in [-0.25, -0.2) is 0 Å². The fourth-order valence-electron chi connectivity index (χ4n) is 5.03. The van der Waals surface area contributed by atoms with Crippen molar-refractivity contribution in [2.75, 3.05) is 0 Å². The molecule has 0 aromatic heterocycles. The van der Waals surface area contributed by atoms with E-state index in [-0.39, 0.29) is 16.9 Å². The third-order valence-corrected chi connectivity index (χ3v) is 5.71. The summed E-state index contributed by atoms with van der Waals surface area (Å²) in [7, 11) is 0. The van der Waals surface area contributed by atoms with Crippen molar-refractivity contribution in [3.8, 4) is 0 Å². The van der Waals surface area contributed by atoms with Crippen LogP contribution < -0.4 is 0 Å². The van der Waals surface area contributed by atoms with Gasteiger partial charge in [-0.3, -0.25) is 0 Å². The first kappa shape index (κ1) is 10.1. The highest BCUT2D eigenvalue weighted by molar-refractivity contribution is 5.18. The molecule has 2 aliphatic carbocycles. The lowest BCUT2D eigenvalue weighted by molar-refractivity contribution is -0.263. The Bertz CT molecular complexity index is 312. The predicted molar refractivity (Wildman–Crippen MR) is 58.2 cm³/mol. The van der Waals surface area contributed by atoms with Gasteiger partial charge in [0, 0.05) is 11.3 Å². The van der Waals surface area contributed by atoms with Crippen molar-refractivity contribution in [3.05, 3.63) is 0 Å².